The predicted molar refractivity (Wildman–Crippen MR) is 107 cm³/mol. The van der Waals surface area contributed by atoms with Gasteiger partial charge in [-0.1, -0.05) is 11.8 Å². The third kappa shape index (κ3) is 5.26. The normalized spacial score (nSPS) is 12.5. The van der Waals surface area contributed by atoms with Gasteiger partial charge in [-0.2, -0.15) is 0 Å². The number of aromatic nitrogens is 2. The molecule has 0 saturated carbocycles. The number of aryl methyl sites for hydroxylation is 1. The van der Waals surface area contributed by atoms with Crippen LogP contribution < -0.4 is 10.6 Å². The third-order valence-electron chi connectivity index (χ3n) is 4.09. The fourth-order valence-corrected chi connectivity index (χ4v) is 3.87. The fourth-order valence-electron chi connectivity index (χ4n) is 2.91. The van der Waals surface area contributed by atoms with E-state index in [1.165, 1.54) is 0 Å². The van der Waals surface area contributed by atoms with Gasteiger partial charge in [0, 0.05) is 44.3 Å². The Kier molecular flexibility index (Phi) is 6.94. The highest BCUT2D eigenvalue weighted by atomic mass is 32.2. The molecular weight excluding hydrogens is 380 g/mol. The van der Waals surface area contributed by atoms with Crippen LogP contribution in [0.4, 0.5) is 10.5 Å². The Bertz CT molecular complexity index is 831. The molecule has 2 heterocycles. The number of amides is 2. The number of nitrogens with one attached hydrogen (secondary N) is 2. The largest absolute Gasteiger partial charge is 0.462 e. The second kappa shape index (κ2) is 9.61. The van der Waals surface area contributed by atoms with Gasteiger partial charge in [0.15, 0.2) is 5.16 Å². The maximum absolute atomic E-state index is 12.2. The first-order chi connectivity index (χ1) is 13.6. The number of carbonyl (C=O) groups excluding carboxylic acids is 2. The molecule has 0 aliphatic carbocycles. The van der Waals surface area contributed by atoms with Gasteiger partial charge in [0.25, 0.3) is 0 Å². The second-order valence-electron chi connectivity index (χ2n) is 6.26. The minimum absolute atomic E-state index is 0.284. The average molecular weight is 404 g/mol. The molecule has 1 aromatic carbocycles. The van der Waals surface area contributed by atoms with Crippen LogP contribution in [0.1, 0.15) is 28.5 Å². The van der Waals surface area contributed by atoms with Crippen molar-refractivity contribution in [1.82, 2.24) is 14.9 Å². The molecular formula is C19H24N4O4S. The van der Waals surface area contributed by atoms with Crippen molar-refractivity contribution in [1.29, 1.82) is 0 Å². The molecule has 8 nitrogen and oxygen atoms in total. The molecule has 1 aliphatic rings. The lowest BCUT2D eigenvalue weighted by molar-refractivity contribution is 0.0526. The number of esters is 1. The van der Waals surface area contributed by atoms with Crippen LogP contribution in [0.2, 0.25) is 0 Å². The van der Waals surface area contributed by atoms with Crippen LogP contribution in [0.3, 0.4) is 0 Å². The maximum Gasteiger partial charge on any atom is 0.338 e. The van der Waals surface area contributed by atoms with Gasteiger partial charge in [-0.15, -0.1) is 0 Å². The van der Waals surface area contributed by atoms with E-state index in [0.29, 0.717) is 30.8 Å². The molecule has 0 radical (unpaired) electrons. The highest BCUT2D eigenvalue weighted by molar-refractivity contribution is 7.99. The lowest BCUT2D eigenvalue weighted by Gasteiger charge is -2.11. The summed E-state index contributed by atoms with van der Waals surface area (Å²) in [5.41, 5.74) is 2.62. The highest BCUT2D eigenvalue weighted by Gasteiger charge is 2.15. The number of carbonyl (C=O) groups is 2. The molecule has 0 atom stereocenters. The SMILES string of the molecule is CCOC(=O)c1cc(COC)cc(NC(=O)NCCc2cn3c(n2)SCC3)c1. The minimum Gasteiger partial charge on any atom is -0.462 e. The molecule has 0 unspecified atom stereocenters. The summed E-state index contributed by atoms with van der Waals surface area (Å²) in [4.78, 5) is 28.8. The van der Waals surface area contributed by atoms with Crippen molar-refractivity contribution in [2.75, 3.05) is 31.3 Å². The van der Waals surface area contributed by atoms with E-state index in [4.69, 9.17) is 9.47 Å². The summed E-state index contributed by atoms with van der Waals surface area (Å²) in [7, 11) is 1.57. The first-order valence-electron chi connectivity index (χ1n) is 9.12. The van der Waals surface area contributed by atoms with E-state index < -0.39 is 5.97 Å². The lowest BCUT2D eigenvalue weighted by atomic mass is 10.1. The van der Waals surface area contributed by atoms with Crippen molar-refractivity contribution in [2.45, 2.75) is 31.7 Å². The number of urea groups is 1. The van der Waals surface area contributed by atoms with Gasteiger partial charge in [-0.25, -0.2) is 14.6 Å². The monoisotopic (exact) mass is 404 g/mol. The minimum atomic E-state index is -0.436. The number of anilines is 1. The van der Waals surface area contributed by atoms with Crippen molar-refractivity contribution >= 4 is 29.4 Å². The van der Waals surface area contributed by atoms with Crippen molar-refractivity contribution in [3.63, 3.8) is 0 Å². The number of benzene rings is 1. The first kappa shape index (κ1) is 20.2. The number of hydrogen-bond acceptors (Lipinski definition) is 6. The Labute approximate surface area is 168 Å². The van der Waals surface area contributed by atoms with E-state index in [-0.39, 0.29) is 12.6 Å². The van der Waals surface area contributed by atoms with E-state index >= 15 is 0 Å². The van der Waals surface area contributed by atoms with Gasteiger partial charge in [-0.05, 0) is 30.7 Å². The number of thioether (sulfide) groups is 1. The molecule has 0 fully saturated rings. The van der Waals surface area contributed by atoms with Crippen molar-refractivity contribution < 1.29 is 19.1 Å². The molecule has 28 heavy (non-hydrogen) atoms. The second-order valence-corrected chi connectivity index (χ2v) is 7.32. The van der Waals surface area contributed by atoms with Gasteiger partial charge in [0.05, 0.1) is 24.5 Å². The molecule has 0 bridgehead atoms. The van der Waals surface area contributed by atoms with E-state index in [0.717, 1.165) is 28.7 Å². The number of fused-ring (bicyclic) bond motifs is 1. The van der Waals surface area contributed by atoms with Gasteiger partial charge < -0.3 is 24.7 Å². The van der Waals surface area contributed by atoms with Crippen LogP contribution in [0.25, 0.3) is 0 Å². The van der Waals surface area contributed by atoms with Crippen LogP contribution in [-0.4, -0.2) is 47.6 Å². The lowest BCUT2D eigenvalue weighted by Crippen LogP contribution is -2.30. The third-order valence-corrected chi connectivity index (χ3v) is 5.06. The standard InChI is InChI=1S/C19H24N4O4S/c1-3-27-17(24)14-8-13(12-26-2)9-16(10-14)21-18(25)20-5-4-15-11-23-6-7-28-19(23)22-15/h8-11H,3-7,12H2,1-2H3,(H2,20,21,25). The number of hydrogen-bond donors (Lipinski definition) is 2. The molecule has 3 rings (SSSR count). The number of rotatable bonds is 8. The molecule has 1 aromatic heterocycles. The Hall–Kier alpha value is -2.52. The summed E-state index contributed by atoms with van der Waals surface area (Å²) in [6, 6.07) is 4.71. The van der Waals surface area contributed by atoms with Crippen LogP contribution in [0, 0.1) is 0 Å². The fraction of sp³-hybridized carbons (Fsp3) is 0.421. The molecule has 2 aromatic rings. The number of ether oxygens (including phenoxy) is 2. The van der Waals surface area contributed by atoms with Gasteiger partial charge >= 0.3 is 12.0 Å². The number of nitrogens with zero attached hydrogens (tertiary/aromatic N) is 2. The number of imidazole rings is 1. The summed E-state index contributed by atoms with van der Waals surface area (Å²) in [5.74, 6) is 0.633. The molecule has 2 amide bonds. The summed E-state index contributed by atoms with van der Waals surface area (Å²) in [6.07, 6.45) is 2.69. The van der Waals surface area contributed by atoms with Crippen molar-refractivity contribution in [3.05, 3.63) is 41.2 Å². The maximum atomic E-state index is 12.2. The Morgan fingerprint density at radius 3 is 2.93 bits per heavy atom. The molecule has 0 spiro atoms. The number of methoxy groups -OCH3 is 1. The molecule has 150 valence electrons. The summed E-state index contributed by atoms with van der Waals surface area (Å²) in [5, 5.41) is 6.62. The van der Waals surface area contributed by atoms with Crippen molar-refractivity contribution in [3.8, 4) is 0 Å². The Morgan fingerprint density at radius 1 is 1.32 bits per heavy atom. The zero-order chi connectivity index (χ0) is 19.9. The van der Waals surface area contributed by atoms with E-state index in [1.54, 1.807) is 44.0 Å². The molecule has 2 N–H and O–H groups in total. The van der Waals surface area contributed by atoms with Crippen molar-refractivity contribution in [2.24, 2.45) is 0 Å². The first-order valence-corrected chi connectivity index (χ1v) is 10.1. The van der Waals surface area contributed by atoms with E-state index in [1.807, 2.05) is 6.20 Å². The van der Waals surface area contributed by atoms with Gasteiger partial charge in [0.2, 0.25) is 0 Å². The van der Waals surface area contributed by atoms with Gasteiger partial charge in [0.1, 0.15) is 0 Å². The molecule has 0 saturated heterocycles. The van der Waals surface area contributed by atoms with Gasteiger partial charge in [-0.3, -0.25) is 0 Å². The van der Waals surface area contributed by atoms with E-state index in [2.05, 4.69) is 20.2 Å². The van der Waals surface area contributed by atoms with Crippen LogP contribution in [-0.2, 0) is 29.0 Å². The summed E-state index contributed by atoms with van der Waals surface area (Å²) < 4.78 is 12.3. The van der Waals surface area contributed by atoms with Crippen LogP contribution in [0.5, 0.6) is 0 Å². The topological polar surface area (TPSA) is 94.5 Å². The van der Waals surface area contributed by atoms with Crippen LogP contribution in [0.15, 0.2) is 29.6 Å². The molecule has 9 heteroatoms. The quantitative estimate of drug-likeness (QED) is 0.657. The highest BCUT2D eigenvalue weighted by Crippen LogP contribution is 2.24. The van der Waals surface area contributed by atoms with E-state index in [9.17, 15) is 9.59 Å². The van der Waals surface area contributed by atoms with Crippen LogP contribution >= 0.6 is 11.8 Å². The smallest absolute Gasteiger partial charge is 0.338 e. The zero-order valence-corrected chi connectivity index (χ0v) is 16.8. The predicted octanol–water partition coefficient (Wildman–Crippen LogP) is 2.68. The summed E-state index contributed by atoms with van der Waals surface area (Å²) >= 11 is 1.75. The molecule has 1 aliphatic heterocycles. The average Bonchev–Trinajstić information content (AvgIpc) is 3.23. The Balaban J connectivity index is 1.56. The Morgan fingerprint density at radius 2 is 2.18 bits per heavy atom. The zero-order valence-electron chi connectivity index (χ0n) is 16.0. The summed E-state index contributed by atoms with van der Waals surface area (Å²) in [6.45, 7) is 3.81.